The molecule has 1 amide bonds. The van der Waals surface area contributed by atoms with Gasteiger partial charge >= 0.3 is 0 Å². The minimum Gasteiger partial charge on any atom is -0.381 e. The molecule has 3 heterocycles. The van der Waals surface area contributed by atoms with Gasteiger partial charge in [-0.1, -0.05) is 30.6 Å². The van der Waals surface area contributed by atoms with Crippen LogP contribution in [0, 0.1) is 5.92 Å². The van der Waals surface area contributed by atoms with Crippen molar-refractivity contribution in [2.45, 2.75) is 38.6 Å². The third-order valence-corrected chi connectivity index (χ3v) is 4.68. The zero-order chi connectivity index (χ0) is 18.7. The monoisotopic (exact) mass is 379 g/mol. The maximum absolute atomic E-state index is 11.3. The number of halogens is 1. The highest BCUT2D eigenvalue weighted by molar-refractivity contribution is 6.33. The van der Waals surface area contributed by atoms with Gasteiger partial charge in [-0.25, -0.2) is 4.98 Å². The van der Waals surface area contributed by atoms with Crippen molar-refractivity contribution < 1.29 is 14.1 Å². The zero-order valence-corrected chi connectivity index (χ0v) is 15.5. The molecule has 3 N–H and O–H groups in total. The van der Waals surface area contributed by atoms with Gasteiger partial charge in [-0.3, -0.25) is 4.79 Å². The number of ether oxygens (including phenoxy) is 1. The number of rotatable bonds is 6. The third kappa shape index (κ3) is 4.13. The first kappa shape index (κ1) is 18.6. The molecule has 0 bridgehead atoms. The summed E-state index contributed by atoms with van der Waals surface area (Å²) in [6.45, 7) is 5.37. The second kappa shape index (κ2) is 8.01. The molecule has 0 radical (unpaired) electrons. The molecule has 3 rings (SSSR count). The van der Waals surface area contributed by atoms with E-state index in [-0.39, 0.29) is 23.4 Å². The molecule has 26 heavy (non-hydrogen) atoms. The molecular formula is C17H22ClN5O3. The van der Waals surface area contributed by atoms with Crippen molar-refractivity contribution >= 4 is 23.3 Å². The third-order valence-electron chi connectivity index (χ3n) is 4.40. The van der Waals surface area contributed by atoms with Gasteiger partial charge in [-0.05, 0) is 24.8 Å². The van der Waals surface area contributed by atoms with Gasteiger partial charge in [0.15, 0.2) is 5.82 Å². The van der Waals surface area contributed by atoms with Gasteiger partial charge in [-0.2, -0.15) is 4.98 Å². The van der Waals surface area contributed by atoms with Crippen LogP contribution in [-0.4, -0.2) is 34.2 Å². The van der Waals surface area contributed by atoms with Crippen LogP contribution in [0.1, 0.15) is 60.7 Å². The smallest absolute Gasteiger partial charge is 0.250 e. The first-order valence-corrected chi connectivity index (χ1v) is 8.96. The Kier molecular flexibility index (Phi) is 5.73. The summed E-state index contributed by atoms with van der Waals surface area (Å²) in [5, 5.41) is 7.67. The van der Waals surface area contributed by atoms with E-state index in [4.69, 9.17) is 26.6 Å². The number of nitrogens with two attached hydrogens (primary N) is 1. The van der Waals surface area contributed by atoms with Gasteiger partial charge in [0.1, 0.15) is 11.9 Å². The maximum atomic E-state index is 11.3. The van der Waals surface area contributed by atoms with Gasteiger partial charge in [-0.15, -0.1) is 0 Å². The second-order valence-corrected chi connectivity index (χ2v) is 7.04. The van der Waals surface area contributed by atoms with Crippen molar-refractivity contribution in [2.75, 3.05) is 18.5 Å². The minimum absolute atomic E-state index is 0.166. The number of pyridine rings is 1. The van der Waals surface area contributed by atoms with E-state index in [1.807, 2.05) is 13.8 Å². The summed E-state index contributed by atoms with van der Waals surface area (Å²) in [6, 6.07) is 1.25. The standard InChI is InChI=1S/C17H22ClN5O3/c1-9(2)15-22-17(26-23-15)13(10-3-5-25-6-4-10)21-16-12(18)7-11(8-20-16)14(19)24/h7-10,13H,3-6H2,1-2H3,(H2,19,24)(H,20,21). The van der Waals surface area contributed by atoms with Crippen molar-refractivity contribution in [3.63, 3.8) is 0 Å². The first-order valence-electron chi connectivity index (χ1n) is 8.59. The number of nitrogens with one attached hydrogen (secondary N) is 1. The van der Waals surface area contributed by atoms with Gasteiger partial charge in [0, 0.05) is 25.3 Å². The van der Waals surface area contributed by atoms with E-state index < -0.39 is 5.91 Å². The lowest BCUT2D eigenvalue weighted by Gasteiger charge is -2.29. The predicted molar refractivity (Wildman–Crippen MR) is 96.1 cm³/mol. The highest BCUT2D eigenvalue weighted by atomic mass is 35.5. The van der Waals surface area contributed by atoms with Crippen molar-refractivity contribution in [1.82, 2.24) is 15.1 Å². The minimum atomic E-state index is -0.578. The molecule has 1 saturated heterocycles. The van der Waals surface area contributed by atoms with Crippen molar-refractivity contribution in [3.05, 3.63) is 34.6 Å². The lowest BCUT2D eigenvalue weighted by molar-refractivity contribution is 0.0570. The molecule has 1 fully saturated rings. The van der Waals surface area contributed by atoms with Crippen LogP contribution in [0.15, 0.2) is 16.8 Å². The topological polar surface area (TPSA) is 116 Å². The summed E-state index contributed by atoms with van der Waals surface area (Å²) in [5.41, 5.74) is 5.52. The molecule has 1 aliphatic rings. The number of aromatic nitrogens is 3. The van der Waals surface area contributed by atoms with E-state index in [9.17, 15) is 4.79 Å². The van der Waals surface area contributed by atoms with Crippen molar-refractivity contribution in [2.24, 2.45) is 11.7 Å². The van der Waals surface area contributed by atoms with Gasteiger partial charge < -0.3 is 20.3 Å². The maximum Gasteiger partial charge on any atom is 0.250 e. The fourth-order valence-corrected chi connectivity index (χ4v) is 3.09. The quantitative estimate of drug-likeness (QED) is 0.792. The molecule has 2 aromatic rings. The van der Waals surface area contributed by atoms with Gasteiger partial charge in [0.2, 0.25) is 11.8 Å². The zero-order valence-electron chi connectivity index (χ0n) is 14.7. The van der Waals surface area contributed by atoms with E-state index in [0.717, 1.165) is 12.8 Å². The molecule has 1 atom stereocenters. The van der Waals surface area contributed by atoms with Crippen molar-refractivity contribution in [1.29, 1.82) is 0 Å². The normalized spacial score (nSPS) is 16.6. The van der Waals surface area contributed by atoms with Crippen LogP contribution in [0.25, 0.3) is 0 Å². The average molecular weight is 380 g/mol. The summed E-state index contributed by atoms with van der Waals surface area (Å²) in [6.07, 6.45) is 3.10. The van der Waals surface area contributed by atoms with E-state index in [2.05, 4.69) is 20.4 Å². The first-order chi connectivity index (χ1) is 12.5. The number of hydrogen-bond donors (Lipinski definition) is 2. The Balaban J connectivity index is 1.89. The van der Waals surface area contributed by atoms with Gasteiger partial charge in [0.05, 0.1) is 10.6 Å². The molecule has 2 aromatic heterocycles. The number of hydrogen-bond acceptors (Lipinski definition) is 7. The van der Waals surface area contributed by atoms with Crippen LogP contribution >= 0.6 is 11.6 Å². The summed E-state index contributed by atoms with van der Waals surface area (Å²) in [5.74, 6) is 1.42. The Morgan fingerprint density at radius 2 is 2.12 bits per heavy atom. The fraction of sp³-hybridized carbons (Fsp3) is 0.529. The summed E-state index contributed by atoms with van der Waals surface area (Å²) in [4.78, 5) is 20.0. The predicted octanol–water partition coefficient (Wildman–Crippen LogP) is 2.92. The summed E-state index contributed by atoms with van der Waals surface area (Å²) in [7, 11) is 0. The van der Waals surface area contributed by atoms with Crippen LogP contribution in [0.2, 0.25) is 5.02 Å². The van der Waals surface area contributed by atoms with Crippen LogP contribution in [0.4, 0.5) is 5.82 Å². The van der Waals surface area contributed by atoms with Crippen molar-refractivity contribution in [3.8, 4) is 0 Å². The molecular weight excluding hydrogens is 358 g/mol. The summed E-state index contributed by atoms with van der Waals surface area (Å²) < 4.78 is 11.0. The number of anilines is 1. The molecule has 1 unspecified atom stereocenters. The molecule has 0 saturated carbocycles. The van der Waals surface area contributed by atoms with E-state index in [1.54, 1.807) is 0 Å². The van der Waals surface area contributed by atoms with Crippen LogP contribution < -0.4 is 11.1 Å². The van der Waals surface area contributed by atoms with Crippen LogP contribution in [-0.2, 0) is 4.74 Å². The lowest BCUT2D eigenvalue weighted by Crippen LogP contribution is -2.28. The SMILES string of the molecule is CC(C)c1noc(C(Nc2ncc(C(N)=O)cc2Cl)C2CCOCC2)n1. The highest BCUT2D eigenvalue weighted by Gasteiger charge is 2.31. The Morgan fingerprint density at radius 1 is 1.38 bits per heavy atom. The van der Waals surface area contributed by atoms with Crippen LogP contribution in [0.3, 0.4) is 0 Å². The largest absolute Gasteiger partial charge is 0.381 e. The molecule has 1 aliphatic heterocycles. The van der Waals surface area contributed by atoms with E-state index >= 15 is 0 Å². The average Bonchev–Trinajstić information content (AvgIpc) is 3.11. The molecule has 9 heteroatoms. The molecule has 0 aliphatic carbocycles. The fourth-order valence-electron chi connectivity index (χ4n) is 2.86. The number of amides is 1. The molecule has 8 nitrogen and oxygen atoms in total. The second-order valence-electron chi connectivity index (χ2n) is 6.64. The lowest BCUT2D eigenvalue weighted by atomic mass is 9.91. The van der Waals surface area contributed by atoms with Gasteiger partial charge in [0.25, 0.3) is 0 Å². The number of primary amides is 1. The summed E-state index contributed by atoms with van der Waals surface area (Å²) >= 11 is 6.28. The number of nitrogens with zero attached hydrogens (tertiary/aromatic N) is 3. The Labute approximate surface area is 156 Å². The Morgan fingerprint density at radius 3 is 2.69 bits per heavy atom. The Hall–Kier alpha value is -2.19. The highest BCUT2D eigenvalue weighted by Crippen LogP contribution is 2.34. The Bertz CT molecular complexity index is 774. The van der Waals surface area contributed by atoms with E-state index in [0.29, 0.717) is 35.8 Å². The molecule has 0 aromatic carbocycles. The molecule has 0 spiro atoms. The molecule has 140 valence electrons. The number of carbonyl (C=O) groups is 1. The van der Waals surface area contributed by atoms with Crippen LogP contribution in [0.5, 0.6) is 0 Å². The number of carbonyl (C=O) groups excluding carboxylic acids is 1. The van der Waals surface area contributed by atoms with E-state index in [1.165, 1.54) is 12.3 Å².